The number of aryl methyl sites for hydroxylation is 1. The summed E-state index contributed by atoms with van der Waals surface area (Å²) in [6.07, 6.45) is 0.299. The molecule has 4 rings (SSSR count). The SMILES string of the molecule is Cc1cccc(NC(=O)/C(C#N)=C2\S[C@H](Cc3cc(Cl)ccc3Cl)C(=O)N2c2ccccc2)c1C. The Morgan fingerprint density at radius 1 is 1.09 bits per heavy atom. The molecule has 0 spiro atoms. The van der Waals surface area contributed by atoms with Crippen molar-refractivity contribution in [1.29, 1.82) is 5.26 Å². The van der Waals surface area contributed by atoms with Crippen LogP contribution in [0.4, 0.5) is 11.4 Å². The quantitative estimate of drug-likeness (QED) is 0.300. The van der Waals surface area contributed by atoms with Crippen molar-refractivity contribution >= 4 is 58.2 Å². The summed E-state index contributed by atoms with van der Waals surface area (Å²) < 4.78 is 0. The van der Waals surface area contributed by atoms with Gasteiger partial charge in [-0.15, -0.1) is 0 Å². The Labute approximate surface area is 218 Å². The number of carbonyl (C=O) groups excluding carboxylic acids is 2. The second-order valence-electron chi connectivity index (χ2n) is 8.05. The Kier molecular flexibility index (Phi) is 7.51. The lowest BCUT2D eigenvalue weighted by Crippen LogP contribution is -2.31. The van der Waals surface area contributed by atoms with Crippen molar-refractivity contribution in [3.8, 4) is 6.07 Å². The second kappa shape index (κ2) is 10.6. The van der Waals surface area contributed by atoms with Crippen LogP contribution in [0.3, 0.4) is 0 Å². The van der Waals surface area contributed by atoms with Crippen LogP contribution in [0.25, 0.3) is 0 Å². The molecule has 1 N–H and O–H groups in total. The molecule has 0 aliphatic carbocycles. The molecule has 35 heavy (non-hydrogen) atoms. The molecular weight excluding hydrogens is 501 g/mol. The Morgan fingerprint density at radius 2 is 1.83 bits per heavy atom. The van der Waals surface area contributed by atoms with E-state index in [4.69, 9.17) is 23.2 Å². The topological polar surface area (TPSA) is 73.2 Å². The van der Waals surface area contributed by atoms with Crippen LogP contribution in [0.5, 0.6) is 0 Å². The largest absolute Gasteiger partial charge is 0.321 e. The van der Waals surface area contributed by atoms with Gasteiger partial charge in [0.25, 0.3) is 5.91 Å². The van der Waals surface area contributed by atoms with Gasteiger partial charge in [0.05, 0.1) is 5.25 Å². The fourth-order valence-electron chi connectivity index (χ4n) is 3.77. The number of nitrogens with zero attached hydrogens (tertiary/aromatic N) is 2. The molecular formula is C27H21Cl2N3O2S. The van der Waals surface area contributed by atoms with Gasteiger partial charge in [0, 0.05) is 21.4 Å². The number of amides is 2. The molecule has 8 heteroatoms. The van der Waals surface area contributed by atoms with E-state index in [0.717, 1.165) is 16.7 Å². The lowest BCUT2D eigenvalue weighted by molar-refractivity contribution is -0.117. The maximum Gasteiger partial charge on any atom is 0.269 e. The maximum absolute atomic E-state index is 13.6. The molecule has 0 unspecified atom stereocenters. The molecule has 1 fully saturated rings. The number of hydrogen-bond acceptors (Lipinski definition) is 4. The van der Waals surface area contributed by atoms with Crippen molar-refractivity contribution in [3.05, 3.63) is 104 Å². The van der Waals surface area contributed by atoms with E-state index >= 15 is 0 Å². The van der Waals surface area contributed by atoms with Gasteiger partial charge in [-0.2, -0.15) is 5.26 Å². The third-order valence-corrected chi connectivity index (χ3v) is 7.65. The molecule has 1 heterocycles. The minimum Gasteiger partial charge on any atom is -0.321 e. The van der Waals surface area contributed by atoms with Gasteiger partial charge in [0.15, 0.2) is 0 Å². The van der Waals surface area contributed by atoms with Gasteiger partial charge in [0.1, 0.15) is 16.7 Å². The average molecular weight is 522 g/mol. The second-order valence-corrected chi connectivity index (χ2v) is 10.1. The fraction of sp³-hybridized carbons (Fsp3) is 0.148. The van der Waals surface area contributed by atoms with Crippen LogP contribution in [-0.2, 0) is 16.0 Å². The number of hydrogen-bond donors (Lipinski definition) is 1. The zero-order chi connectivity index (χ0) is 25.1. The molecule has 1 atom stereocenters. The van der Waals surface area contributed by atoms with Gasteiger partial charge < -0.3 is 5.32 Å². The first kappa shape index (κ1) is 24.9. The highest BCUT2D eigenvalue weighted by Gasteiger charge is 2.41. The third-order valence-electron chi connectivity index (χ3n) is 5.79. The summed E-state index contributed by atoms with van der Waals surface area (Å²) in [6.45, 7) is 3.85. The molecule has 3 aromatic carbocycles. The number of rotatable bonds is 5. The van der Waals surface area contributed by atoms with Crippen LogP contribution >= 0.6 is 35.0 Å². The normalized spacial score (nSPS) is 16.7. The Balaban J connectivity index is 1.74. The number of para-hydroxylation sites is 1. The standard InChI is InChI=1S/C27H21Cl2N3O2S/c1-16-7-6-10-23(17(16)2)31-25(33)21(15-30)27-32(20-8-4-3-5-9-20)26(34)24(35-27)14-18-13-19(28)11-12-22(18)29/h3-13,24H,14H2,1-2H3,(H,31,33)/b27-21-/t24-/m1/s1. The molecule has 1 aliphatic rings. The van der Waals surface area contributed by atoms with E-state index in [-0.39, 0.29) is 16.5 Å². The lowest BCUT2D eigenvalue weighted by atomic mass is 10.1. The lowest BCUT2D eigenvalue weighted by Gasteiger charge is -2.19. The van der Waals surface area contributed by atoms with Crippen molar-refractivity contribution in [1.82, 2.24) is 0 Å². The van der Waals surface area contributed by atoms with Crippen molar-refractivity contribution < 1.29 is 9.59 Å². The average Bonchev–Trinajstić information content (AvgIpc) is 3.15. The van der Waals surface area contributed by atoms with Crippen LogP contribution in [0.15, 0.2) is 77.3 Å². The smallest absolute Gasteiger partial charge is 0.269 e. The Bertz CT molecular complexity index is 1380. The number of thioether (sulfide) groups is 1. The van der Waals surface area contributed by atoms with Crippen LogP contribution in [0, 0.1) is 25.2 Å². The van der Waals surface area contributed by atoms with Crippen LogP contribution < -0.4 is 10.2 Å². The van der Waals surface area contributed by atoms with Crippen molar-refractivity contribution in [3.63, 3.8) is 0 Å². The van der Waals surface area contributed by atoms with E-state index in [1.54, 1.807) is 48.5 Å². The van der Waals surface area contributed by atoms with E-state index < -0.39 is 11.2 Å². The predicted molar refractivity (Wildman–Crippen MR) is 143 cm³/mol. The molecule has 0 radical (unpaired) electrons. The minimum absolute atomic E-state index is 0.132. The van der Waals surface area contributed by atoms with E-state index in [2.05, 4.69) is 5.32 Å². The highest BCUT2D eigenvalue weighted by molar-refractivity contribution is 8.05. The van der Waals surface area contributed by atoms with Gasteiger partial charge >= 0.3 is 0 Å². The number of nitriles is 1. The summed E-state index contributed by atoms with van der Waals surface area (Å²) >= 11 is 13.7. The number of nitrogens with one attached hydrogen (secondary N) is 1. The van der Waals surface area contributed by atoms with E-state index in [0.29, 0.717) is 27.8 Å². The highest BCUT2D eigenvalue weighted by Crippen LogP contribution is 2.42. The molecule has 0 bridgehead atoms. The zero-order valence-electron chi connectivity index (χ0n) is 19.0. The minimum atomic E-state index is -0.585. The molecule has 0 aromatic heterocycles. The third kappa shape index (κ3) is 5.23. The Hall–Kier alpha value is -3.24. The first-order valence-electron chi connectivity index (χ1n) is 10.8. The van der Waals surface area contributed by atoms with Crippen molar-refractivity contribution in [2.75, 3.05) is 10.2 Å². The molecule has 5 nitrogen and oxygen atoms in total. The van der Waals surface area contributed by atoms with Gasteiger partial charge in [-0.25, -0.2) is 0 Å². The Morgan fingerprint density at radius 3 is 2.54 bits per heavy atom. The van der Waals surface area contributed by atoms with Gasteiger partial charge in [-0.3, -0.25) is 14.5 Å². The van der Waals surface area contributed by atoms with E-state index in [1.807, 2.05) is 38.1 Å². The highest BCUT2D eigenvalue weighted by atomic mass is 35.5. The number of halogens is 2. The summed E-state index contributed by atoms with van der Waals surface area (Å²) in [4.78, 5) is 28.3. The van der Waals surface area contributed by atoms with Gasteiger partial charge in [0.2, 0.25) is 5.91 Å². The number of anilines is 2. The van der Waals surface area contributed by atoms with Crippen molar-refractivity contribution in [2.24, 2.45) is 0 Å². The first-order chi connectivity index (χ1) is 16.8. The molecule has 2 amide bonds. The zero-order valence-corrected chi connectivity index (χ0v) is 21.3. The summed E-state index contributed by atoms with van der Waals surface area (Å²) in [7, 11) is 0. The van der Waals surface area contributed by atoms with Crippen molar-refractivity contribution in [2.45, 2.75) is 25.5 Å². The number of benzene rings is 3. The summed E-state index contributed by atoms with van der Waals surface area (Å²) in [5, 5.41) is 13.6. The first-order valence-corrected chi connectivity index (χ1v) is 12.4. The molecule has 1 aliphatic heterocycles. The predicted octanol–water partition coefficient (Wildman–Crippen LogP) is 6.68. The molecule has 3 aromatic rings. The molecule has 1 saturated heterocycles. The van der Waals surface area contributed by atoms with Crippen LogP contribution in [0.2, 0.25) is 10.0 Å². The summed E-state index contributed by atoms with van der Waals surface area (Å²) in [6, 6.07) is 21.7. The van der Waals surface area contributed by atoms with E-state index in [1.165, 1.54) is 16.7 Å². The van der Waals surface area contributed by atoms with Crippen LogP contribution in [0.1, 0.15) is 16.7 Å². The maximum atomic E-state index is 13.6. The summed E-state index contributed by atoms with van der Waals surface area (Å²) in [5.41, 5.74) is 3.71. The fourth-order valence-corrected chi connectivity index (χ4v) is 5.45. The number of carbonyl (C=O) groups is 2. The monoisotopic (exact) mass is 521 g/mol. The van der Waals surface area contributed by atoms with Gasteiger partial charge in [-0.1, -0.05) is 65.3 Å². The molecule has 176 valence electrons. The summed E-state index contributed by atoms with van der Waals surface area (Å²) in [5.74, 6) is -0.807. The van der Waals surface area contributed by atoms with Gasteiger partial charge in [-0.05, 0) is 73.4 Å². The van der Waals surface area contributed by atoms with E-state index in [9.17, 15) is 14.9 Å². The van der Waals surface area contributed by atoms with Crippen LogP contribution in [-0.4, -0.2) is 17.1 Å². The molecule has 0 saturated carbocycles.